The van der Waals surface area contributed by atoms with Gasteiger partial charge in [0.1, 0.15) is 5.82 Å². The highest BCUT2D eigenvalue weighted by Crippen LogP contribution is 2.29. The van der Waals surface area contributed by atoms with Gasteiger partial charge in [-0.05, 0) is 42.5 Å². The molecule has 1 aromatic carbocycles. The van der Waals surface area contributed by atoms with Crippen molar-refractivity contribution < 1.29 is 4.39 Å². The number of piperidine rings is 1. The second-order valence-electron chi connectivity index (χ2n) is 4.04. The van der Waals surface area contributed by atoms with Crippen LogP contribution in [0.2, 0.25) is 0 Å². The van der Waals surface area contributed by atoms with Gasteiger partial charge in [-0.2, -0.15) is 0 Å². The van der Waals surface area contributed by atoms with Crippen molar-refractivity contribution >= 4 is 11.9 Å². The maximum Gasteiger partial charge on any atom is 0.124 e. The molecule has 16 heavy (non-hydrogen) atoms. The third-order valence-electron chi connectivity index (χ3n) is 2.79. The van der Waals surface area contributed by atoms with Crippen LogP contribution in [0.4, 0.5) is 4.39 Å². The SMILES string of the molecule is NCc1ccc(F)cc1SN1CCCCC1. The van der Waals surface area contributed by atoms with Crippen LogP contribution in [-0.4, -0.2) is 17.4 Å². The van der Waals surface area contributed by atoms with Crippen molar-refractivity contribution in [2.45, 2.75) is 30.7 Å². The second-order valence-corrected chi connectivity index (χ2v) is 5.18. The molecule has 0 spiro atoms. The van der Waals surface area contributed by atoms with E-state index in [-0.39, 0.29) is 5.82 Å². The molecular weight excluding hydrogens is 223 g/mol. The van der Waals surface area contributed by atoms with E-state index in [4.69, 9.17) is 5.73 Å². The van der Waals surface area contributed by atoms with Gasteiger partial charge in [0.05, 0.1) is 0 Å². The molecule has 1 aliphatic rings. The molecule has 0 amide bonds. The van der Waals surface area contributed by atoms with Gasteiger partial charge in [-0.15, -0.1) is 0 Å². The first-order valence-electron chi connectivity index (χ1n) is 5.71. The Kier molecular flexibility index (Phi) is 4.21. The minimum Gasteiger partial charge on any atom is -0.326 e. The predicted octanol–water partition coefficient (Wildman–Crippen LogP) is 2.78. The van der Waals surface area contributed by atoms with Crippen LogP contribution in [-0.2, 0) is 6.54 Å². The fraction of sp³-hybridized carbons (Fsp3) is 0.500. The predicted molar refractivity (Wildman–Crippen MR) is 65.6 cm³/mol. The lowest BCUT2D eigenvalue weighted by atomic mass is 10.2. The van der Waals surface area contributed by atoms with E-state index in [1.165, 1.54) is 25.3 Å². The molecule has 1 saturated heterocycles. The van der Waals surface area contributed by atoms with Gasteiger partial charge >= 0.3 is 0 Å². The average Bonchev–Trinajstić information content (AvgIpc) is 2.31. The summed E-state index contributed by atoms with van der Waals surface area (Å²) < 4.78 is 15.5. The van der Waals surface area contributed by atoms with Crippen LogP contribution in [0.1, 0.15) is 24.8 Å². The van der Waals surface area contributed by atoms with Crippen LogP contribution in [0.3, 0.4) is 0 Å². The summed E-state index contributed by atoms with van der Waals surface area (Å²) in [4.78, 5) is 0.962. The van der Waals surface area contributed by atoms with Gasteiger partial charge in [0, 0.05) is 24.5 Å². The molecule has 0 aliphatic carbocycles. The highest BCUT2D eigenvalue weighted by Gasteiger charge is 2.13. The fourth-order valence-corrected chi connectivity index (χ4v) is 3.03. The molecular formula is C12H17FN2S. The van der Waals surface area contributed by atoms with Crippen LogP contribution in [0.15, 0.2) is 23.1 Å². The lowest BCUT2D eigenvalue weighted by Crippen LogP contribution is -2.23. The number of hydrogen-bond acceptors (Lipinski definition) is 3. The van der Waals surface area contributed by atoms with E-state index in [2.05, 4.69) is 4.31 Å². The zero-order chi connectivity index (χ0) is 11.4. The average molecular weight is 240 g/mol. The molecule has 4 heteroatoms. The van der Waals surface area contributed by atoms with Gasteiger partial charge in [-0.3, -0.25) is 0 Å². The highest BCUT2D eigenvalue weighted by atomic mass is 32.2. The highest BCUT2D eigenvalue weighted by molar-refractivity contribution is 7.97. The Labute approximate surface area is 100 Å². The standard InChI is InChI=1S/C12H17FN2S/c13-11-5-4-10(9-14)12(8-11)16-15-6-2-1-3-7-15/h4-5,8H,1-3,6-7,9,14H2. The first-order chi connectivity index (χ1) is 7.79. The lowest BCUT2D eigenvalue weighted by molar-refractivity contribution is 0.380. The molecule has 2 N–H and O–H groups in total. The minimum absolute atomic E-state index is 0.184. The third-order valence-corrected chi connectivity index (χ3v) is 3.99. The Balaban J connectivity index is 2.09. The van der Waals surface area contributed by atoms with Crippen molar-refractivity contribution in [3.8, 4) is 0 Å². The molecule has 0 unspecified atom stereocenters. The molecule has 1 heterocycles. The lowest BCUT2D eigenvalue weighted by Gasteiger charge is -2.25. The van der Waals surface area contributed by atoms with Crippen LogP contribution >= 0.6 is 11.9 Å². The Hall–Kier alpha value is -0.580. The van der Waals surface area contributed by atoms with E-state index in [1.54, 1.807) is 24.1 Å². The third kappa shape index (κ3) is 2.97. The molecule has 0 saturated carbocycles. The Morgan fingerprint density at radius 2 is 2.00 bits per heavy atom. The smallest absolute Gasteiger partial charge is 0.124 e. The Bertz CT molecular complexity index is 351. The first-order valence-corrected chi connectivity index (χ1v) is 6.48. The van der Waals surface area contributed by atoms with E-state index in [9.17, 15) is 4.39 Å². The van der Waals surface area contributed by atoms with Crippen molar-refractivity contribution in [3.05, 3.63) is 29.6 Å². The molecule has 0 bridgehead atoms. The zero-order valence-electron chi connectivity index (χ0n) is 9.29. The zero-order valence-corrected chi connectivity index (χ0v) is 10.1. The van der Waals surface area contributed by atoms with Crippen LogP contribution in [0.25, 0.3) is 0 Å². The molecule has 0 radical (unpaired) electrons. The van der Waals surface area contributed by atoms with Gasteiger partial charge in [0.15, 0.2) is 0 Å². The van der Waals surface area contributed by atoms with Gasteiger partial charge in [0.2, 0.25) is 0 Å². The monoisotopic (exact) mass is 240 g/mol. The summed E-state index contributed by atoms with van der Waals surface area (Å²) in [5.74, 6) is -0.184. The summed E-state index contributed by atoms with van der Waals surface area (Å²) in [6.07, 6.45) is 3.78. The minimum atomic E-state index is -0.184. The second kappa shape index (κ2) is 5.66. The van der Waals surface area contributed by atoms with Crippen molar-refractivity contribution in [2.24, 2.45) is 5.73 Å². The molecule has 1 fully saturated rings. The van der Waals surface area contributed by atoms with E-state index in [0.29, 0.717) is 6.54 Å². The molecule has 0 atom stereocenters. The van der Waals surface area contributed by atoms with E-state index in [1.807, 2.05) is 0 Å². The molecule has 2 rings (SSSR count). The number of nitrogens with two attached hydrogens (primary N) is 1. The summed E-state index contributed by atoms with van der Waals surface area (Å²) in [7, 11) is 0. The summed E-state index contributed by atoms with van der Waals surface area (Å²) in [6.45, 7) is 2.65. The van der Waals surface area contributed by atoms with Gasteiger partial charge in [-0.1, -0.05) is 12.5 Å². The van der Waals surface area contributed by atoms with Crippen LogP contribution in [0, 0.1) is 5.82 Å². The van der Waals surface area contributed by atoms with Crippen LogP contribution < -0.4 is 5.73 Å². The normalized spacial score (nSPS) is 17.6. The number of benzene rings is 1. The van der Waals surface area contributed by atoms with Crippen LogP contribution in [0.5, 0.6) is 0 Å². The first kappa shape index (κ1) is 11.9. The van der Waals surface area contributed by atoms with E-state index in [0.717, 1.165) is 23.5 Å². The molecule has 1 aliphatic heterocycles. The molecule has 88 valence electrons. The van der Waals surface area contributed by atoms with Crippen molar-refractivity contribution in [1.29, 1.82) is 0 Å². The summed E-state index contributed by atoms with van der Waals surface area (Å²) >= 11 is 1.64. The summed E-state index contributed by atoms with van der Waals surface area (Å²) in [6, 6.07) is 4.84. The van der Waals surface area contributed by atoms with Gasteiger partial charge < -0.3 is 5.73 Å². The fourth-order valence-electron chi connectivity index (χ4n) is 1.88. The molecule has 2 nitrogen and oxygen atoms in total. The summed E-state index contributed by atoms with van der Waals surface area (Å²) in [5, 5.41) is 0. The maximum atomic E-state index is 13.2. The largest absolute Gasteiger partial charge is 0.326 e. The maximum absolute atomic E-state index is 13.2. The number of hydrogen-bond donors (Lipinski definition) is 1. The van der Waals surface area contributed by atoms with Crippen molar-refractivity contribution in [3.63, 3.8) is 0 Å². The topological polar surface area (TPSA) is 29.3 Å². The van der Waals surface area contributed by atoms with Crippen molar-refractivity contribution in [2.75, 3.05) is 13.1 Å². The van der Waals surface area contributed by atoms with Gasteiger partial charge in [0.25, 0.3) is 0 Å². The number of nitrogens with zero attached hydrogens (tertiary/aromatic N) is 1. The number of rotatable bonds is 3. The van der Waals surface area contributed by atoms with Crippen molar-refractivity contribution in [1.82, 2.24) is 4.31 Å². The van der Waals surface area contributed by atoms with E-state index < -0.39 is 0 Å². The quantitative estimate of drug-likeness (QED) is 0.824. The summed E-state index contributed by atoms with van der Waals surface area (Å²) in [5.41, 5.74) is 6.68. The Morgan fingerprint density at radius 3 is 2.69 bits per heavy atom. The molecule has 0 aromatic heterocycles. The van der Waals surface area contributed by atoms with E-state index >= 15 is 0 Å². The van der Waals surface area contributed by atoms with Gasteiger partial charge in [-0.25, -0.2) is 8.70 Å². The number of halogens is 1. The Morgan fingerprint density at radius 1 is 1.25 bits per heavy atom. The molecule has 1 aromatic rings.